The van der Waals surface area contributed by atoms with Crippen LogP contribution in [0.15, 0.2) is 122 Å². The average Bonchev–Trinajstić information content (AvgIpc) is 3.96. The number of aromatic nitrogens is 4. The Morgan fingerprint density at radius 2 is 0.905 bits per heavy atom. The predicted octanol–water partition coefficient (Wildman–Crippen LogP) is 8.33. The lowest BCUT2D eigenvalue weighted by Crippen LogP contribution is -2.13. The van der Waals surface area contributed by atoms with Crippen molar-refractivity contribution in [1.29, 1.82) is 0 Å². The average molecular weight is 1000 g/mol. The van der Waals surface area contributed by atoms with Gasteiger partial charge in [-0.3, -0.25) is 28.0 Å². The maximum atomic E-state index is 13.6. The summed E-state index contributed by atoms with van der Waals surface area (Å²) in [4.78, 5) is 86.9. The number of unbranched alkanes of at least 4 members (excludes halogenated alkanes) is 5. The lowest BCUT2D eigenvalue weighted by Gasteiger charge is -2.09. The molecular formula is C54H50N8O12. The molecule has 4 heterocycles. The number of benzene rings is 4. The molecule has 378 valence electrons. The third-order valence-electron chi connectivity index (χ3n) is 11.9. The Morgan fingerprint density at radius 1 is 0.500 bits per heavy atom. The third kappa shape index (κ3) is 11.4. The van der Waals surface area contributed by atoms with Gasteiger partial charge in [-0.15, -0.1) is 0 Å². The lowest BCUT2D eigenvalue weighted by atomic mass is 10.1. The predicted molar refractivity (Wildman–Crippen MR) is 273 cm³/mol. The van der Waals surface area contributed by atoms with Crippen LogP contribution in [0.2, 0.25) is 0 Å². The number of carbonyl (C=O) groups excluding carboxylic acids is 4. The topological polar surface area (TPSA) is 290 Å². The molecule has 0 unspecified atom stereocenters. The summed E-state index contributed by atoms with van der Waals surface area (Å²) in [6, 6.07) is 27.6. The highest BCUT2D eigenvalue weighted by atomic mass is 16.5. The van der Waals surface area contributed by atoms with Crippen LogP contribution in [0.25, 0.3) is 11.0 Å². The minimum atomic E-state index is -1.20. The summed E-state index contributed by atoms with van der Waals surface area (Å²) < 4.78 is 25.3. The molecule has 0 saturated carbocycles. The number of aromatic carboxylic acids is 2. The van der Waals surface area contributed by atoms with Gasteiger partial charge < -0.3 is 51.3 Å². The number of amides is 2. The van der Waals surface area contributed by atoms with Crippen LogP contribution < -0.4 is 41.0 Å². The molecular weight excluding hydrogens is 953 g/mol. The molecule has 20 heteroatoms. The number of carboxylic acids is 2. The fourth-order valence-corrected chi connectivity index (χ4v) is 8.01. The molecule has 74 heavy (non-hydrogen) atoms. The van der Waals surface area contributed by atoms with Crippen LogP contribution in [0.4, 0.5) is 23.0 Å². The monoisotopic (exact) mass is 1000 g/mol. The first-order valence-electron chi connectivity index (χ1n) is 23.3. The van der Waals surface area contributed by atoms with Crippen molar-refractivity contribution in [2.75, 3.05) is 49.5 Å². The fraction of sp³-hybridized carbons (Fsp3) is 0.185. The van der Waals surface area contributed by atoms with Crippen molar-refractivity contribution in [2.45, 2.75) is 38.5 Å². The second kappa shape index (κ2) is 22.6. The summed E-state index contributed by atoms with van der Waals surface area (Å²) in [7, 11) is 2.85. The lowest BCUT2D eigenvalue weighted by molar-refractivity contribution is 0.0686. The van der Waals surface area contributed by atoms with E-state index in [4.69, 9.17) is 30.4 Å². The van der Waals surface area contributed by atoms with E-state index in [1.54, 1.807) is 48.5 Å². The van der Waals surface area contributed by atoms with Crippen LogP contribution in [0.1, 0.15) is 112 Å². The van der Waals surface area contributed by atoms with Crippen LogP contribution in [0.5, 0.6) is 23.0 Å². The molecule has 0 spiro atoms. The molecule has 0 radical (unpaired) electrons. The number of hydrogen-bond acceptors (Lipinski definition) is 14. The number of carboxylic acid groups (broad SMARTS) is 2. The van der Waals surface area contributed by atoms with Gasteiger partial charge in [0, 0.05) is 34.6 Å². The number of fused-ring (bicyclic) bond motifs is 2. The van der Waals surface area contributed by atoms with Gasteiger partial charge in [-0.2, -0.15) is 0 Å². The zero-order chi connectivity index (χ0) is 52.5. The van der Waals surface area contributed by atoms with Gasteiger partial charge in [0.2, 0.25) is 11.6 Å². The van der Waals surface area contributed by atoms with Gasteiger partial charge in [-0.05, 0) is 110 Å². The first-order valence-corrected chi connectivity index (χ1v) is 23.3. The van der Waals surface area contributed by atoms with Gasteiger partial charge in [0.1, 0.15) is 23.0 Å². The number of nitrogens with one attached hydrogen (secondary N) is 2. The Balaban J connectivity index is 0.789. The van der Waals surface area contributed by atoms with E-state index in [9.17, 15) is 39.0 Å². The van der Waals surface area contributed by atoms with Gasteiger partial charge in [0.05, 0.1) is 61.0 Å². The van der Waals surface area contributed by atoms with E-state index in [-0.39, 0.29) is 67.7 Å². The Morgan fingerprint density at radius 3 is 1.30 bits per heavy atom. The highest BCUT2D eigenvalue weighted by Crippen LogP contribution is 2.29. The Hall–Kier alpha value is -9.72. The molecule has 0 saturated heterocycles. The highest BCUT2D eigenvalue weighted by Gasteiger charge is 2.25. The van der Waals surface area contributed by atoms with Crippen LogP contribution in [0.3, 0.4) is 0 Å². The largest absolute Gasteiger partial charge is 0.495 e. The minimum absolute atomic E-state index is 0.0113. The molecule has 0 aliphatic rings. The molecule has 0 atom stereocenters. The van der Waals surface area contributed by atoms with Crippen molar-refractivity contribution in [2.24, 2.45) is 0 Å². The Bertz CT molecular complexity index is 3250. The number of rotatable bonds is 23. The summed E-state index contributed by atoms with van der Waals surface area (Å²) in [5, 5.41) is 24.8. The summed E-state index contributed by atoms with van der Waals surface area (Å²) in [6.45, 7) is 0.837. The summed E-state index contributed by atoms with van der Waals surface area (Å²) in [5.74, 6) is -3.11. The first-order chi connectivity index (χ1) is 35.7. The summed E-state index contributed by atoms with van der Waals surface area (Å²) in [5.41, 5.74) is 13.8. The Labute approximate surface area is 422 Å². The Kier molecular flexibility index (Phi) is 15.5. The number of pyridine rings is 2. The fourth-order valence-electron chi connectivity index (χ4n) is 8.01. The second-order valence-corrected chi connectivity index (χ2v) is 16.9. The molecule has 4 aromatic heterocycles. The minimum Gasteiger partial charge on any atom is -0.495 e. The number of hydrogen-bond donors (Lipinski definition) is 6. The van der Waals surface area contributed by atoms with Gasteiger partial charge in [-0.25, -0.2) is 19.6 Å². The van der Waals surface area contributed by atoms with Gasteiger partial charge in [-0.1, -0.05) is 37.8 Å². The number of anilines is 4. The molecule has 4 aromatic carbocycles. The zero-order valence-corrected chi connectivity index (χ0v) is 40.1. The van der Waals surface area contributed by atoms with E-state index in [1.807, 2.05) is 0 Å². The van der Waals surface area contributed by atoms with E-state index >= 15 is 0 Å². The number of nitrogens with two attached hydrogens (primary N) is 2. The number of methoxy groups -OCH3 is 2. The van der Waals surface area contributed by atoms with Crippen molar-refractivity contribution in [3.05, 3.63) is 167 Å². The van der Waals surface area contributed by atoms with Gasteiger partial charge in [0.25, 0.3) is 11.8 Å². The number of ether oxygens (including phenoxy) is 4. The van der Waals surface area contributed by atoms with Crippen LogP contribution in [-0.2, 0) is 0 Å². The molecule has 2 amide bonds. The van der Waals surface area contributed by atoms with Crippen molar-refractivity contribution in [1.82, 2.24) is 18.8 Å². The van der Waals surface area contributed by atoms with E-state index in [0.29, 0.717) is 47.6 Å². The molecule has 0 fully saturated rings. The van der Waals surface area contributed by atoms with E-state index in [1.165, 1.54) is 96.1 Å². The number of nitrogen functional groups attached to an aromatic ring is 2. The standard InChI is InChI=1S/C54H50N8O12/c1-71-43-29-31(15-17-39(43)55)45(63)49-57-47(41-27-35(53(67)68)19-21-61(41)49)59-51(65)33-11-9-13-37(25-33)73-23-7-5-3-4-6-8-24-74-38-14-10-12-34(26-38)52(66)60-48-42-28-36(54(69)70)20-22-62(42)50(58-48)46(64)32-16-18-40(56)44(30-32)72-2/h9-22,25-30H,3-8,23-24,55-56H2,1-2H3,(H,59,65)(H,60,66)(H,67,68)(H,69,70). The zero-order valence-electron chi connectivity index (χ0n) is 40.1. The molecule has 20 nitrogen and oxygen atoms in total. The quantitative estimate of drug-likeness (QED) is 0.0199. The van der Waals surface area contributed by atoms with Crippen molar-refractivity contribution >= 4 is 69.4 Å². The third-order valence-corrected chi connectivity index (χ3v) is 11.9. The smallest absolute Gasteiger partial charge is 0.335 e. The number of ketones is 2. The van der Waals surface area contributed by atoms with Crippen LogP contribution in [0, 0.1) is 0 Å². The molecule has 0 bridgehead atoms. The number of nitrogens with zero attached hydrogens (tertiary/aromatic N) is 4. The highest BCUT2D eigenvalue weighted by molar-refractivity contribution is 6.12. The van der Waals surface area contributed by atoms with E-state index in [2.05, 4.69) is 20.6 Å². The van der Waals surface area contributed by atoms with Crippen LogP contribution in [-0.4, -0.2) is 91.7 Å². The van der Waals surface area contributed by atoms with Crippen molar-refractivity contribution < 1.29 is 57.9 Å². The second-order valence-electron chi connectivity index (χ2n) is 16.9. The molecule has 8 rings (SSSR count). The molecule has 8 N–H and O–H groups in total. The maximum absolute atomic E-state index is 13.6. The van der Waals surface area contributed by atoms with Crippen molar-refractivity contribution in [3.8, 4) is 23.0 Å². The first kappa shape index (κ1) is 50.7. The van der Waals surface area contributed by atoms with Crippen LogP contribution >= 0.6 is 0 Å². The summed E-state index contributed by atoms with van der Waals surface area (Å²) >= 11 is 0. The van der Waals surface area contributed by atoms with Crippen molar-refractivity contribution in [3.63, 3.8) is 0 Å². The molecule has 0 aliphatic carbocycles. The van der Waals surface area contributed by atoms with Gasteiger partial charge in [0.15, 0.2) is 23.3 Å². The normalized spacial score (nSPS) is 11.0. The molecule has 0 aliphatic heterocycles. The number of carbonyl (C=O) groups is 6. The van der Waals surface area contributed by atoms with E-state index < -0.39 is 35.3 Å². The summed E-state index contributed by atoms with van der Waals surface area (Å²) in [6.07, 6.45) is 8.08. The SMILES string of the molecule is COc1cc(C(=O)c2nc(NC(=O)c3cccc(OCCCCCCCCOc4cccc(C(=O)Nc5nc(C(=O)c6ccc(N)c(OC)c6)n6ccc(C(=O)O)cc56)c4)c3)c3cc(C(=O)O)ccn23)ccc1N. The van der Waals surface area contributed by atoms with E-state index in [0.717, 1.165) is 38.5 Å². The molecule has 8 aromatic rings. The number of imidazole rings is 2. The van der Waals surface area contributed by atoms with Gasteiger partial charge >= 0.3 is 11.9 Å². The maximum Gasteiger partial charge on any atom is 0.335 e.